The van der Waals surface area contributed by atoms with E-state index in [1.807, 2.05) is 37.3 Å². The molecule has 1 atom stereocenters. The van der Waals surface area contributed by atoms with Gasteiger partial charge in [-0.1, -0.05) is 49.4 Å². The fourth-order valence-corrected chi connectivity index (χ4v) is 2.95. The summed E-state index contributed by atoms with van der Waals surface area (Å²) in [6.07, 6.45) is 1.00. The van der Waals surface area contributed by atoms with Crippen molar-refractivity contribution in [2.75, 3.05) is 20.3 Å². The SMILES string of the molecule is CCCC(=O)N(Cc1ccc(F)cc1)[C@@H](C(=O)NCCOC)c1ccccc1. The minimum Gasteiger partial charge on any atom is -0.383 e. The Bertz CT molecular complexity index is 750. The number of benzene rings is 2. The highest BCUT2D eigenvalue weighted by atomic mass is 19.1. The van der Waals surface area contributed by atoms with Gasteiger partial charge in [0.05, 0.1) is 6.61 Å². The number of halogens is 1. The summed E-state index contributed by atoms with van der Waals surface area (Å²) < 4.78 is 18.3. The highest BCUT2D eigenvalue weighted by molar-refractivity contribution is 5.88. The fourth-order valence-electron chi connectivity index (χ4n) is 2.95. The summed E-state index contributed by atoms with van der Waals surface area (Å²) >= 11 is 0. The lowest BCUT2D eigenvalue weighted by Crippen LogP contribution is -2.44. The van der Waals surface area contributed by atoms with E-state index in [2.05, 4.69) is 5.32 Å². The first-order chi connectivity index (χ1) is 13.6. The maximum atomic E-state index is 13.3. The molecule has 1 N–H and O–H groups in total. The summed E-state index contributed by atoms with van der Waals surface area (Å²) in [5.74, 6) is -0.732. The molecule has 0 unspecified atom stereocenters. The van der Waals surface area contributed by atoms with Crippen molar-refractivity contribution in [1.82, 2.24) is 10.2 Å². The lowest BCUT2D eigenvalue weighted by atomic mass is 10.0. The van der Waals surface area contributed by atoms with Crippen LogP contribution in [0.5, 0.6) is 0 Å². The van der Waals surface area contributed by atoms with Crippen molar-refractivity contribution in [3.05, 3.63) is 71.5 Å². The number of rotatable bonds is 10. The third-order valence-electron chi connectivity index (χ3n) is 4.33. The van der Waals surface area contributed by atoms with Crippen LogP contribution < -0.4 is 5.32 Å². The van der Waals surface area contributed by atoms with E-state index >= 15 is 0 Å². The Morgan fingerprint density at radius 1 is 1.11 bits per heavy atom. The van der Waals surface area contributed by atoms with Crippen LogP contribution in [-0.4, -0.2) is 37.0 Å². The molecule has 0 bridgehead atoms. The molecule has 28 heavy (non-hydrogen) atoms. The molecule has 0 aliphatic rings. The smallest absolute Gasteiger partial charge is 0.247 e. The molecule has 2 rings (SSSR count). The molecule has 0 saturated heterocycles. The minimum absolute atomic E-state index is 0.123. The van der Waals surface area contributed by atoms with Gasteiger partial charge in [-0.3, -0.25) is 9.59 Å². The predicted octanol–water partition coefficient (Wildman–Crippen LogP) is 3.46. The summed E-state index contributed by atoms with van der Waals surface area (Å²) in [5.41, 5.74) is 1.49. The number of nitrogens with one attached hydrogen (secondary N) is 1. The van der Waals surface area contributed by atoms with E-state index in [-0.39, 0.29) is 24.2 Å². The molecular weight excluding hydrogens is 359 g/mol. The van der Waals surface area contributed by atoms with Crippen molar-refractivity contribution in [1.29, 1.82) is 0 Å². The van der Waals surface area contributed by atoms with Gasteiger partial charge in [-0.2, -0.15) is 0 Å². The number of methoxy groups -OCH3 is 1. The van der Waals surface area contributed by atoms with Gasteiger partial charge in [0.1, 0.15) is 11.9 Å². The highest BCUT2D eigenvalue weighted by Gasteiger charge is 2.30. The maximum Gasteiger partial charge on any atom is 0.247 e. The molecule has 0 aliphatic carbocycles. The first-order valence-electron chi connectivity index (χ1n) is 9.42. The molecule has 0 heterocycles. The Morgan fingerprint density at radius 3 is 2.39 bits per heavy atom. The summed E-state index contributed by atoms with van der Waals surface area (Å²) in [4.78, 5) is 27.5. The van der Waals surface area contributed by atoms with E-state index in [0.29, 0.717) is 26.0 Å². The third kappa shape index (κ3) is 6.16. The Labute approximate surface area is 165 Å². The minimum atomic E-state index is -0.776. The van der Waals surface area contributed by atoms with Crippen LogP contribution in [0.3, 0.4) is 0 Å². The zero-order valence-electron chi connectivity index (χ0n) is 16.4. The average molecular weight is 386 g/mol. The van der Waals surface area contributed by atoms with Crippen LogP contribution in [-0.2, 0) is 20.9 Å². The number of carbonyl (C=O) groups excluding carboxylic acids is 2. The third-order valence-corrected chi connectivity index (χ3v) is 4.33. The van der Waals surface area contributed by atoms with Gasteiger partial charge in [-0.05, 0) is 29.7 Å². The summed E-state index contributed by atoms with van der Waals surface area (Å²) in [6.45, 7) is 2.87. The average Bonchev–Trinajstić information content (AvgIpc) is 2.70. The van der Waals surface area contributed by atoms with Crippen LogP contribution >= 0.6 is 0 Å². The second-order valence-corrected chi connectivity index (χ2v) is 6.50. The Kier molecular flexibility index (Phi) is 8.62. The number of nitrogens with zero attached hydrogens (tertiary/aromatic N) is 1. The van der Waals surface area contributed by atoms with Crippen molar-refractivity contribution in [3.8, 4) is 0 Å². The first kappa shape index (κ1) is 21.6. The van der Waals surface area contributed by atoms with E-state index < -0.39 is 6.04 Å². The lowest BCUT2D eigenvalue weighted by molar-refractivity contribution is -0.141. The molecule has 0 saturated carbocycles. The Hall–Kier alpha value is -2.73. The molecular formula is C22H27FN2O3. The van der Waals surface area contributed by atoms with Gasteiger partial charge in [-0.15, -0.1) is 0 Å². The van der Waals surface area contributed by atoms with Crippen molar-refractivity contribution >= 4 is 11.8 Å². The lowest BCUT2D eigenvalue weighted by Gasteiger charge is -2.31. The van der Waals surface area contributed by atoms with Gasteiger partial charge in [-0.25, -0.2) is 4.39 Å². The summed E-state index contributed by atoms with van der Waals surface area (Å²) in [5, 5.41) is 2.84. The zero-order valence-corrected chi connectivity index (χ0v) is 16.4. The number of ether oxygens (including phenoxy) is 1. The Morgan fingerprint density at radius 2 is 1.79 bits per heavy atom. The number of amides is 2. The van der Waals surface area contributed by atoms with Crippen LogP contribution in [0.2, 0.25) is 0 Å². The highest BCUT2D eigenvalue weighted by Crippen LogP contribution is 2.25. The van der Waals surface area contributed by atoms with Crippen molar-refractivity contribution in [3.63, 3.8) is 0 Å². The molecule has 0 spiro atoms. The van der Waals surface area contributed by atoms with Crippen LogP contribution in [0.4, 0.5) is 4.39 Å². The van der Waals surface area contributed by atoms with E-state index in [0.717, 1.165) is 11.1 Å². The quantitative estimate of drug-likeness (QED) is 0.636. The standard InChI is InChI=1S/C22H27FN2O3/c1-3-7-20(26)25(16-17-10-12-19(23)13-11-17)21(18-8-5-4-6-9-18)22(27)24-14-15-28-2/h4-6,8-13,21H,3,7,14-16H2,1-2H3,(H,24,27)/t21-/m1/s1. The van der Waals surface area contributed by atoms with E-state index in [9.17, 15) is 14.0 Å². The van der Waals surface area contributed by atoms with E-state index in [1.165, 1.54) is 12.1 Å². The fraction of sp³-hybridized carbons (Fsp3) is 0.364. The molecule has 0 fully saturated rings. The molecule has 150 valence electrons. The molecule has 6 heteroatoms. The molecule has 2 aromatic carbocycles. The van der Waals surface area contributed by atoms with Gasteiger partial charge >= 0.3 is 0 Å². The van der Waals surface area contributed by atoms with Gasteiger partial charge in [0.2, 0.25) is 11.8 Å². The molecule has 5 nitrogen and oxygen atoms in total. The molecule has 0 aliphatic heterocycles. The first-order valence-corrected chi connectivity index (χ1v) is 9.42. The second kappa shape index (κ2) is 11.2. The van der Waals surface area contributed by atoms with Crippen LogP contribution in [0.1, 0.15) is 36.9 Å². The van der Waals surface area contributed by atoms with Crippen molar-refractivity contribution in [2.24, 2.45) is 0 Å². The molecule has 2 aromatic rings. The molecule has 2 amide bonds. The Balaban J connectivity index is 2.36. The van der Waals surface area contributed by atoms with Gasteiger partial charge in [0.15, 0.2) is 0 Å². The maximum absolute atomic E-state index is 13.3. The normalized spacial score (nSPS) is 11.7. The monoisotopic (exact) mass is 386 g/mol. The number of hydrogen-bond acceptors (Lipinski definition) is 3. The largest absolute Gasteiger partial charge is 0.383 e. The van der Waals surface area contributed by atoms with Crippen molar-refractivity contribution < 1.29 is 18.7 Å². The van der Waals surface area contributed by atoms with Crippen LogP contribution in [0, 0.1) is 5.82 Å². The zero-order chi connectivity index (χ0) is 20.4. The molecule has 0 radical (unpaired) electrons. The summed E-state index contributed by atoms with van der Waals surface area (Å²) in [6, 6.07) is 14.4. The van der Waals surface area contributed by atoms with Crippen LogP contribution in [0.25, 0.3) is 0 Å². The van der Waals surface area contributed by atoms with Crippen LogP contribution in [0.15, 0.2) is 54.6 Å². The van der Waals surface area contributed by atoms with E-state index in [1.54, 1.807) is 24.1 Å². The summed E-state index contributed by atoms with van der Waals surface area (Å²) in [7, 11) is 1.56. The number of carbonyl (C=O) groups is 2. The van der Waals surface area contributed by atoms with Gasteiger partial charge < -0.3 is 15.0 Å². The van der Waals surface area contributed by atoms with Gasteiger partial charge in [0.25, 0.3) is 0 Å². The number of hydrogen-bond donors (Lipinski definition) is 1. The van der Waals surface area contributed by atoms with E-state index in [4.69, 9.17) is 4.74 Å². The predicted molar refractivity (Wildman–Crippen MR) is 106 cm³/mol. The van der Waals surface area contributed by atoms with Crippen molar-refractivity contribution in [2.45, 2.75) is 32.4 Å². The van der Waals surface area contributed by atoms with Gasteiger partial charge in [0, 0.05) is 26.6 Å². The topological polar surface area (TPSA) is 58.6 Å². The molecule has 0 aromatic heterocycles. The second-order valence-electron chi connectivity index (χ2n) is 6.50.